The molecule has 0 saturated carbocycles. The summed E-state index contributed by atoms with van der Waals surface area (Å²) in [7, 11) is 0. The van der Waals surface area contributed by atoms with Gasteiger partial charge in [-0.25, -0.2) is 4.79 Å². The number of carbonyl (C=O) groups is 6. The third-order valence-corrected chi connectivity index (χ3v) is 7.14. The smallest absolute Gasteiger partial charge is 0.312 e. The van der Waals surface area contributed by atoms with Gasteiger partial charge in [0.25, 0.3) is 0 Å². The Morgan fingerprint density at radius 2 is 1.45 bits per heavy atom. The van der Waals surface area contributed by atoms with Crippen LogP contribution in [0.15, 0.2) is 24.3 Å². The summed E-state index contributed by atoms with van der Waals surface area (Å²) >= 11 is 0. The number of primary amides is 1. The quantitative estimate of drug-likeness (QED) is 0.102. The Hall–Kier alpha value is -3.80. The Balaban J connectivity index is 3.01. The van der Waals surface area contributed by atoms with Crippen molar-refractivity contribution >= 4 is 41.1 Å². The first-order valence-corrected chi connectivity index (χ1v) is 15.4. The molecule has 4 amide bonds. The zero-order valence-corrected chi connectivity index (χ0v) is 26.8. The number of ketones is 2. The Labute approximate surface area is 260 Å². The third kappa shape index (κ3) is 15.1. The first-order chi connectivity index (χ1) is 20.7. The Bertz CT molecular complexity index is 1100. The fraction of sp³-hybridized carbons (Fsp3) is 0.625. The predicted octanol–water partition coefficient (Wildman–Crippen LogP) is 3.21. The van der Waals surface area contributed by atoms with Crippen molar-refractivity contribution in [2.45, 2.75) is 92.2 Å². The third-order valence-electron chi connectivity index (χ3n) is 7.14. The SMILES string of the molecule is CC(=O)C[C@@H](CCCCN)C(=O)N[C@H](C(=O)C[C@@H](CCCNC(N)=O)C(=O)Nc1ccc(COC(=O)C(C)C)cc1)C(C)C. The number of hydrogen-bond acceptors (Lipinski definition) is 8. The van der Waals surface area contributed by atoms with E-state index in [0.29, 0.717) is 31.5 Å². The van der Waals surface area contributed by atoms with Crippen molar-refractivity contribution in [3.8, 4) is 0 Å². The maximum absolute atomic E-state index is 13.5. The van der Waals surface area contributed by atoms with E-state index in [2.05, 4.69) is 16.0 Å². The summed E-state index contributed by atoms with van der Waals surface area (Å²) in [5, 5.41) is 8.17. The minimum absolute atomic E-state index is 0.0756. The normalized spacial score (nSPS) is 13.1. The van der Waals surface area contributed by atoms with Crippen LogP contribution in [-0.2, 0) is 35.3 Å². The standard InChI is InChI=1S/C32H51N5O7/c1-20(2)28(37-30(41)24(17-22(5)38)9-6-7-15-33)27(39)18-25(10-8-16-35-32(34)43)29(40)36-26-13-11-23(12-14-26)19-44-31(42)21(3)4/h11-14,20-21,24-25,28H,6-10,15-19,33H2,1-5H3,(H,36,40)(H,37,41)(H3,34,35,43)/t24-,25-,28+/m1/s1. The number of carbonyl (C=O) groups excluding carboxylic acids is 6. The molecule has 7 N–H and O–H groups in total. The van der Waals surface area contributed by atoms with Crippen molar-refractivity contribution in [3.05, 3.63) is 29.8 Å². The lowest BCUT2D eigenvalue weighted by molar-refractivity contribution is -0.148. The molecule has 12 heteroatoms. The molecule has 44 heavy (non-hydrogen) atoms. The van der Waals surface area contributed by atoms with Crippen LogP contribution in [-0.4, -0.2) is 54.5 Å². The van der Waals surface area contributed by atoms with Gasteiger partial charge in [-0.2, -0.15) is 0 Å². The highest BCUT2D eigenvalue weighted by atomic mass is 16.5. The Morgan fingerprint density at radius 1 is 0.841 bits per heavy atom. The summed E-state index contributed by atoms with van der Waals surface area (Å²) in [6.07, 6.45) is 2.52. The van der Waals surface area contributed by atoms with Crippen LogP contribution in [0.4, 0.5) is 10.5 Å². The average Bonchev–Trinajstić information content (AvgIpc) is 2.95. The highest BCUT2D eigenvalue weighted by Crippen LogP contribution is 2.21. The number of Topliss-reactive ketones (excluding diaryl/α,β-unsaturated/α-hetero) is 2. The number of anilines is 1. The second kappa shape index (κ2) is 20.2. The molecule has 12 nitrogen and oxygen atoms in total. The Kier molecular flexibility index (Phi) is 17.6. The van der Waals surface area contributed by atoms with Gasteiger partial charge in [-0.05, 0) is 62.8 Å². The number of hydrogen-bond donors (Lipinski definition) is 5. The van der Waals surface area contributed by atoms with Gasteiger partial charge in [0, 0.05) is 36.9 Å². The second-order valence-electron chi connectivity index (χ2n) is 11.9. The number of nitrogens with two attached hydrogens (primary N) is 2. The largest absolute Gasteiger partial charge is 0.461 e. The first kappa shape index (κ1) is 38.2. The number of amides is 4. The minimum atomic E-state index is -0.849. The zero-order valence-electron chi connectivity index (χ0n) is 26.8. The molecular formula is C32H51N5O7. The lowest BCUT2D eigenvalue weighted by Crippen LogP contribution is -2.48. The van der Waals surface area contributed by atoms with E-state index in [0.717, 1.165) is 12.0 Å². The van der Waals surface area contributed by atoms with Crippen molar-refractivity contribution in [1.82, 2.24) is 10.6 Å². The van der Waals surface area contributed by atoms with Crippen LogP contribution in [0.1, 0.15) is 85.1 Å². The number of nitrogens with one attached hydrogen (secondary N) is 3. The summed E-state index contributed by atoms with van der Waals surface area (Å²) in [5.41, 5.74) is 12.0. The fourth-order valence-electron chi connectivity index (χ4n) is 4.60. The molecule has 0 aliphatic rings. The van der Waals surface area contributed by atoms with Crippen LogP contribution >= 0.6 is 0 Å². The molecule has 0 aliphatic carbocycles. The van der Waals surface area contributed by atoms with Crippen LogP contribution < -0.4 is 27.4 Å². The van der Waals surface area contributed by atoms with Crippen LogP contribution in [0, 0.1) is 23.7 Å². The number of unbranched alkanes of at least 4 members (excludes halogenated alkanes) is 1. The summed E-state index contributed by atoms with van der Waals surface area (Å²) in [6, 6.07) is 5.29. The van der Waals surface area contributed by atoms with E-state index in [1.54, 1.807) is 38.1 Å². The van der Waals surface area contributed by atoms with E-state index in [1.807, 2.05) is 13.8 Å². The lowest BCUT2D eigenvalue weighted by Gasteiger charge is -2.26. The fourth-order valence-corrected chi connectivity index (χ4v) is 4.60. The molecule has 0 aromatic heterocycles. The lowest BCUT2D eigenvalue weighted by atomic mass is 9.88. The monoisotopic (exact) mass is 617 g/mol. The van der Waals surface area contributed by atoms with E-state index in [4.69, 9.17) is 16.2 Å². The molecule has 0 aliphatic heterocycles. The van der Waals surface area contributed by atoms with Gasteiger partial charge in [-0.15, -0.1) is 0 Å². The Morgan fingerprint density at radius 3 is 2.00 bits per heavy atom. The van der Waals surface area contributed by atoms with Gasteiger partial charge in [0.1, 0.15) is 12.4 Å². The van der Waals surface area contributed by atoms with Crippen molar-refractivity contribution in [1.29, 1.82) is 0 Å². The summed E-state index contributed by atoms with van der Waals surface area (Å²) in [4.78, 5) is 74.7. The number of rotatable bonds is 21. The molecule has 0 bridgehead atoms. The van der Waals surface area contributed by atoms with Crippen LogP contribution in [0.5, 0.6) is 0 Å². The molecule has 0 saturated heterocycles. The number of urea groups is 1. The summed E-state index contributed by atoms with van der Waals surface area (Å²) in [5.74, 6) is -3.29. The zero-order chi connectivity index (χ0) is 33.2. The van der Waals surface area contributed by atoms with Crippen LogP contribution in [0.25, 0.3) is 0 Å². The van der Waals surface area contributed by atoms with E-state index < -0.39 is 23.9 Å². The molecule has 1 aromatic rings. The molecule has 3 atom stereocenters. The maximum Gasteiger partial charge on any atom is 0.312 e. The van der Waals surface area contributed by atoms with Gasteiger partial charge in [0.15, 0.2) is 5.78 Å². The van der Waals surface area contributed by atoms with E-state index in [9.17, 15) is 28.8 Å². The molecular weight excluding hydrogens is 566 g/mol. The minimum Gasteiger partial charge on any atom is -0.461 e. The van der Waals surface area contributed by atoms with E-state index >= 15 is 0 Å². The van der Waals surface area contributed by atoms with Gasteiger partial charge in [-0.1, -0.05) is 46.2 Å². The number of benzene rings is 1. The van der Waals surface area contributed by atoms with Crippen molar-refractivity contribution in [3.63, 3.8) is 0 Å². The van der Waals surface area contributed by atoms with E-state index in [1.165, 1.54) is 6.92 Å². The molecule has 0 fully saturated rings. The highest BCUT2D eigenvalue weighted by molar-refractivity contribution is 5.97. The van der Waals surface area contributed by atoms with E-state index in [-0.39, 0.29) is 73.6 Å². The molecule has 1 aromatic carbocycles. The average molecular weight is 618 g/mol. The molecule has 0 radical (unpaired) electrons. The van der Waals surface area contributed by atoms with Gasteiger partial charge < -0.3 is 36.9 Å². The van der Waals surface area contributed by atoms with Gasteiger partial charge >= 0.3 is 12.0 Å². The molecule has 0 heterocycles. The topological polar surface area (TPSA) is 200 Å². The first-order valence-electron chi connectivity index (χ1n) is 15.4. The molecule has 0 spiro atoms. The van der Waals surface area contributed by atoms with Gasteiger partial charge in [0.2, 0.25) is 11.8 Å². The van der Waals surface area contributed by atoms with Crippen molar-refractivity contribution in [2.24, 2.45) is 35.1 Å². The van der Waals surface area contributed by atoms with Crippen molar-refractivity contribution in [2.75, 3.05) is 18.4 Å². The summed E-state index contributed by atoms with van der Waals surface area (Å²) < 4.78 is 5.24. The van der Waals surface area contributed by atoms with Crippen molar-refractivity contribution < 1.29 is 33.5 Å². The second-order valence-corrected chi connectivity index (χ2v) is 11.9. The van der Waals surface area contributed by atoms with Gasteiger partial charge in [0.05, 0.1) is 12.0 Å². The number of ether oxygens (including phenoxy) is 1. The number of esters is 1. The molecule has 246 valence electrons. The van der Waals surface area contributed by atoms with Crippen LogP contribution in [0.2, 0.25) is 0 Å². The van der Waals surface area contributed by atoms with Gasteiger partial charge in [-0.3, -0.25) is 19.2 Å². The molecule has 0 unspecified atom stereocenters. The molecule has 1 rings (SSSR count). The summed E-state index contributed by atoms with van der Waals surface area (Å²) in [6.45, 7) is 9.37. The highest BCUT2D eigenvalue weighted by Gasteiger charge is 2.31. The van der Waals surface area contributed by atoms with Crippen LogP contribution in [0.3, 0.4) is 0 Å². The predicted molar refractivity (Wildman–Crippen MR) is 168 cm³/mol. The maximum atomic E-state index is 13.5.